The van der Waals surface area contributed by atoms with Crippen LogP contribution in [0.25, 0.3) is 10.7 Å². The van der Waals surface area contributed by atoms with Gasteiger partial charge in [0.05, 0.1) is 17.3 Å². The van der Waals surface area contributed by atoms with Crippen LogP contribution >= 0.6 is 11.3 Å². The van der Waals surface area contributed by atoms with Gasteiger partial charge in [-0.15, -0.1) is 11.3 Å². The van der Waals surface area contributed by atoms with Crippen LogP contribution in [-0.2, 0) is 4.79 Å². The Balaban J connectivity index is 1.28. The zero-order chi connectivity index (χ0) is 16.4. The molecule has 2 fully saturated rings. The molecule has 2 aromatic heterocycles. The van der Waals surface area contributed by atoms with Crippen molar-refractivity contribution in [1.82, 2.24) is 19.9 Å². The smallest absolute Gasteiger partial charge is 0.236 e. The second-order valence-electron chi connectivity index (χ2n) is 6.62. The fourth-order valence-corrected chi connectivity index (χ4v) is 4.02. The van der Waals surface area contributed by atoms with E-state index in [1.165, 1.54) is 12.8 Å². The Bertz CT molecular complexity index is 671. The molecule has 4 heterocycles. The van der Waals surface area contributed by atoms with Gasteiger partial charge in [-0.3, -0.25) is 9.69 Å². The van der Waals surface area contributed by atoms with Crippen molar-refractivity contribution in [3.05, 3.63) is 23.4 Å². The number of hydrogen-bond acceptors (Lipinski definition) is 6. The maximum absolute atomic E-state index is 12.4. The van der Waals surface area contributed by atoms with Crippen molar-refractivity contribution >= 4 is 17.2 Å². The van der Waals surface area contributed by atoms with Crippen molar-refractivity contribution in [2.45, 2.75) is 31.6 Å². The summed E-state index contributed by atoms with van der Waals surface area (Å²) in [5, 5.41) is 6.07. The van der Waals surface area contributed by atoms with E-state index in [4.69, 9.17) is 4.52 Å². The number of carbonyl (C=O) groups excluding carboxylic acids is 1. The van der Waals surface area contributed by atoms with E-state index in [9.17, 15) is 4.79 Å². The van der Waals surface area contributed by atoms with Crippen LogP contribution in [0.2, 0.25) is 0 Å². The summed E-state index contributed by atoms with van der Waals surface area (Å²) in [4.78, 5) is 22.1. The molecule has 0 bridgehead atoms. The van der Waals surface area contributed by atoms with E-state index < -0.39 is 0 Å². The van der Waals surface area contributed by atoms with Crippen molar-refractivity contribution in [2.75, 3.05) is 32.7 Å². The number of amides is 1. The fraction of sp³-hybridized carbons (Fsp3) is 0.588. The molecule has 4 rings (SSSR count). The van der Waals surface area contributed by atoms with Gasteiger partial charge in [0.1, 0.15) is 0 Å². The highest BCUT2D eigenvalue weighted by Crippen LogP contribution is 2.28. The van der Waals surface area contributed by atoms with E-state index in [2.05, 4.69) is 15.0 Å². The topological polar surface area (TPSA) is 62.5 Å². The third-order valence-corrected chi connectivity index (χ3v) is 5.67. The molecule has 1 amide bonds. The minimum atomic E-state index is 0.253. The molecular formula is C17H22N4O2S. The monoisotopic (exact) mass is 346 g/mol. The highest BCUT2D eigenvalue weighted by molar-refractivity contribution is 7.13. The van der Waals surface area contributed by atoms with Gasteiger partial charge in [0.2, 0.25) is 17.6 Å². The zero-order valence-electron chi connectivity index (χ0n) is 13.7. The van der Waals surface area contributed by atoms with Crippen molar-refractivity contribution in [3.8, 4) is 10.7 Å². The molecule has 128 valence electrons. The SMILES string of the molecule is O=C(CN1CC(c2nc(-c3cccs3)no2)C1)N1CCCCCC1. The standard InChI is InChI=1S/C17H22N4O2S/c22-15(21-7-3-1-2-4-8-21)12-20-10-13(11-20)17-18-16(19-23-17)14-6-5-9-24-14/h5-6,9,13H,1-4,7-8,10-12H2. The number of thiophene rings is 1. The van der Waals surface area contributed by atoms with E-state index in [1.54, 1.807) is 11.3 Å². The Morgan fingerprint density at radius 1 is 1.25 bits per heavy atom. The summed E-state index contributed by atoms with van der Waals surface area (Å²) < 4.78 is 5.40. The lowest BCUT2D eigenvalue weighted by molar-refractivity contribution is -0.133. The first-order valence-electron chi connectivity index (χ1n) is 8.67. The van der Waals surface area contributed by atoms with Gasteiger partial charge in [0.25, 0.3) is 0 Å². The predicted molar refractivity (Wildman–Crippen MR) is 91.8 cm³/mol. The average molecular weight is 346 g/mol. The molecule has 0 unspecified atom stereocenters. The van der Waals surface area contributed by atoms with Crippen molar-refractivity contribution in [1.29, 1.82) is 0 Å². The van der Waals surface area contributed by atoms with Gasteiger partial charge in [0.15, 0.2) is 0 Å². The van der Waals surface area contributed by atoms with Gasteiger partial charge in [-0.25, -0.2) is 0 Å². The quantitative estimate of drug-likeness (QED) is 0.851. The van der Waals surface area contributed by atoms with Crippen molar-refractivity contribution < 1.29 is 9.32 Å². The summed E-state index contributed by atoms with van der Waals surface area (Å²) in [6, 6.07) is 3.97. The lowest BCUT2D eigenvalue weighted by atomic mass is 10.0. The van der Waals surface area contributed by atoms with Crippen LogP contribution in [0.1, 0.15) is 37.5 Å². The predicted octanol–water partition coefficient (Wildman–Crippen LogP) is 2.60. The highest BCUT2D eigenvalue weighted by Gasteiger charge is 2.34. The molecule has 0 aliphatic carbocycles. The normalized spacial score (nSPS) is 19.9. The third-order valence-electron chi connectivity index (χ3n) is 4.81. The molecule has 24 heavy (non-hydrogen) atoms. The molecule has 2 saturated heterocycles. The third kappa shape index (κ3) is 3.37. The van der Waals surface area contributed by atoms with Gasteiger partial charge in [0, 0.05) is 26.2 Å². The van der Waals surface area contributed by atoms with E-state index in [0.29, 0.717) is 18.3 Å². The lowest BCUT2D eigenvalue weighted by Gasteiger charge is -2.37. The van der Waals surface area contributed by atoms with E-state index in [0.717, 1.165) is 43.9 Å². The van der Waals surface area contributed by atoms with Crippen molar-refractivity contribution in [3.63, 3.8) is 0 Å². The lowest BCUT2D eigenvalue weighted by Crippen LogP contribution is -2.50. The zero-order valence-corrected chi connectivity index (χ0v) is 14.5. The Morgan fingerprint density at radius 3 is 2.75 bits per heavy atom. The first-order chi connectivity index (χ1) is 11.8. The maximum atomic E-state index is 12.4. The van der Waals surface area contributed by atoms with Gasteiger partial charge in [-0.05, 0) is 24.3 Å². The molecule has 2 aliphatic rings. The Morgan fingerprint density at radius 2 is 2.04 bits per heavy atom. The van der Waals surface area contributed by atoms with Gasteiger partial charge in [-0.2, -0.15) is 4.98 Å². The summed E-state index contributed by atoms with van der Waals surface area (Å²) in [6.45, 7) is 4.01. The van der Waals surface area contributed by atoms with Crippen LogP contribution in [0.4, 0.5) is 0 Å². The first-order valence-corrected chi connectivity index (χ1v) is 9.55. The largest absolute Gasteiger partial charge is 0.342 e. The summed E-state index contributed by atoms with van der Waals surface area (Å²) in [5.74, 6) is 1.87. The molecule has 0 radical (unpaired) electrons. The number of hydrogen-bond donors (Lipinski definition) is 0. The molecule has 6 nitrogen and oxygen atoms in total. The molecule has 0 N–H and O–H groups in total. The number of carbonyl (C=O) groups is 1. The van der Waals surface area contributed by atoms with Crippen LogP contribution in [0, 0.1) is 0 Å². The Hall–Kier alpha value is -1.73. The molecule has 2 aromatic rings. The minimum absolute atomic E-state index is 0.253. The first kappa shape index (κ1) is 15.8. The van der Waals surface area contributed by atoms with Crippen LogP contribution in [0.5, 0.6) is 0 Å². The highest BCUT2D eigenvalue weighted by atomic mass is 32.1. The molecule has 0 spiro atoms. The summed E-state index contributed by atoms with van der Waals surface area (Å²) >= 11 is 1.61. The minimum Gasteiger partial charge on any atom is -0.342 e. The fourth-order valence-electron chi connectivity index (χ4n) is 3.37. The van der Waals surface area contributed by atoms with Gasteiger partial charge >= 0.3 is 0 Å². The molecule has 0 saturated carbocycles. The summed E-state index contributed by atoms with van der Waals surface area (Å²) in [7, 11) is 0. The number of nitrogens with zero attached hydrogens (tertiary/aromatic N) is 4. The molecule has 0 aromatic carbocycles. The number of likely N-dealkylation sites (tertiary alicyclic amines) is 2. The maximum Gasteiger partial charge on any atom is 0.236 e. The van der Waals surface area contributed by atoms with Crippen LogP contribution in [0.15, 0.2) is 22.0 Å². The molecular weight excluding hydrogens is 324 g/mol. The average Bonchev–Trinajstić information content (AvgIpc) is 3.16. The Labute approximate surface area is 145 Å². The van der Waals surface area contributed by atoms with E-state index in [-0.39, 0.29) is 11.8 Å². The Kier molecular flexibility index (Phi) is 4.62. The van der Waals surface area contributed by atoms with Crippen LogP contribution in [0.3, 0.4) is 0 Å². The summed E-state index contributed by atoms with van der Waals surface area (Å²) in [5.41, 5.74) is 0. The van der Waals surface area contributed by atoms with E-state index in [1.807, 2.05) is 22.4 Å². The number of aromatic nitrogens is 2. The van der Waals surface area contributed by atoms with Crippen LogP contribution < -0.4 is 0 Å². The van der Waals surface area contributed by atoms with Crippen molar-refractivity contribution in [2.24, 2.45) is 0 Å². The molecule has 7 heteroatoms. The second-order valence-corrected chi connectivity index (χ2v) is 7.57. The number of rotatable bonds is 4. The molecule has 0 atom stereocenters. The van der Waals surface area contributed by atoms with Crippen LogP contribution in [-0.4, -0.2) is 58.6 Å². The van der Waals surface area contributed by atoms with E-state index >= 15 is 0 Å². The second kappa shape index (κ2) is 7.03. The van der Waals surface area contributed by atoms with Gasteiger partial charge in [-0.1, -0.05) is 24.1 Å². The molecule has 2 aliphatic heterocycles. The van der Waals surface area contributed by atoms with Gasteiger partial charge < -0.3 is 9.42 Å². The summed E-state index contributed by atoms with van der Waals surface area (Å²) in [6.07, 6.45) is 4.78.